The Labute approximate surface area is 188 Å². The number of ether oxygens (including phenoxy) is 2. The van der Waals surface area contributed by atoms with Crippen molar-refractivity contribution >= 4 is 5.91 Å². The normalized spacial score (nSPS) is 12.5. The highest BCUT2D eigenvalue weighted by atomic mass is 16.5. The molecular weight excluding hydrogens is 402 g/mol. The van der Waals surface area contributed by atoms with Crippen molar-refractivity contribution < 1.29 is 14.3 Å². The summed E-state index contributed by atoms with van der Waals surface area (Å²) in [6.07, 6.45) is 2.79. The second-order valence-corrected chi connectivity index (χ2v) is 7.84. The largest absolute Gasteiger partial charge is 0.489 e. The number of rotatable bonds is 9. The molecule has 6 heteroatoms. The average molecular weight is 430 g/mol. The van der Waals surface area contributed by atoms with Gasteiger partial charge in [0.25, 0.3) is 5.91 Å². The van der Waals surface area contributed by atoms with Crippen LogP contribution in [0.1, 0.15) is 43.5 Å². The van der Waals surface area contributed by atoms with Crippen LogP contribution in [0.3, 0.4) is 0 Å². The molecule has 1 heterocycles. The molecule has 0 aliphatic rings. The Morgan fingerprint density at radius 2 is 1.81 bits per heavy atom. The van der Waals surface area contributed by atoms with Gasteiger partial charge in [-0.1, -0.05) is 44.2 Å². The fourth-order valence-corrected chi connectivity index (χ4v) is 3.17. The summed E-state index contributed by atoms with van der Waals surface area (Å²) in [5.41, 5.74) is 2.35. The van der Waals surface area contributed by atoms with Crippen molar-refractivity contribution in [1.29, 1.82) is 5.26 Å². The number of benzene rings is 2. The van der Waals surface area contributed by atoms with Crippen molar-refractivity contribution in [3.63, 3.8) is 0 Å². The number of hydrogen-bond acceptors (Lipinski definition) is 5. The lowest BCUT2D eigenvalue weighted by atomic mass is 10.0. The quantitative estimate of drug-likeness (QED) is 0.527. The Bertz CT molecular complexity index is 1060. The molecule has 0 bridgehead atoms. The van der Waals surface area contributed by atoms with Gasteiger partial charge in [-0.2, -0.15) is 5.26 Å². The van der Waals surface area contributed by atoms with E-state index in [1.54, 1.807) is 36.7 Å². The second kappa shape index (κ2) is 11.0. The number of nitriles is 1. The highest BCUT2D eigenvalue weighted by Gasteiger charge is 2.26. The lowest BCUT2D eigenvalue weighted by molar-refractivity contribution is -0.130. The summed E-state index contributed by atoms with van der Waals surface area (Å²) >= 11 is 0. The molecule has 2 atom stereocenters. The fourth-order valence-electron chi connectivity index (χ4n) is 3.17. The van der Waals surface area contributed by atoms with Gasteiger partial charge in [0.05, 0.1) is 11.6 Å². The van der Waals surface area contributed by atoms with Crippen LogP contribution in [0, 0.1) is 17.2 Å². The van der Waals surface area contributed by atoms with Gasteiger partial charge < -0.3 is 14.8 Å². The first kappa shape index (κ1) is 22.8. The van der Waals surface area contributed by atoms with E-state index in [4.69, 9.17) is 9.47 Å². The Hall–Kier alpha value is -3.85. The zero-order chi connectivity index (χ0) is 22.9. The van der Waals surface area contributed by atoms with Crippen LogP contribution in [-0.2, 0) is 11.4 Å². The minimum atomic E-state index is -0.714. The first-order valence-corrected chi connectivity index (χ1v) is 10.6. The smallest absolute Gasteiger partial charge is 0.261 e. The molecule has 3 aromatic rings. The molecule has 0 spiro atoms. The highest BCUT2D eigenvalue weighted by Crippen LogP contribution is 2.23. The van der Waals surface area contributed by atoms with E-state index < -0.39 is 6.10 Å². The van der Waals surface area contributed by atoms with E-state index in [1.807, 2.05) is 57.2 Å². The number of amides is 1. The molecule has 1 aromatic heterocycles. The van der Waals surface area contributed by atoms with Crippen LogP contribution >= 0.6 is 0 Å². The van der Waals surface area contributed by atoms with Gasteiger partial charge in [0.1, 0.15) is 24.2 Å². The molecule has 2 unspecified atom stereocenters. The first-order chi connectivity index (χ1) is 15.5. The standard InChI is InChI=1S/C26H27N3O3/c1-18(2)25(32-24-9-5-4-8-22(24)15-27)26(30)29-19(3)21-10-12-23(13-11-21)31-17-20-7-6-14-28-16-20/h4-14,16,18-19,25H,17H2,1-3H3,(H,29,30). The summed E-state index contributed by atoms with van der Waals surface area (Å²) in [4.78, 5) is 17.0. The van der Waals surface area contributed by atoms with Crippen LogP contribution in [-0.4, -0.2) is 17.0 Å². The maximum atomic E-state index is 12.9. The third kappa shape index (κ3) is 6.08. The summed E-state index contributed by atoms with van der Waals surface area (Å²) in [6, 6.07) is 20.3. The maximum Gasteiger partial charge on any atom is 0.261 e. The first-order valence-electron chi connectivity index (χ1n) is 10.6. The summed E-state index contributed by atoms with van der Waals surface area (Å²) in [5, 5.41) is 12.3. The predicted octanol–water partition coefficient (Wildman–Crippen LogP) is 4.81. The molecule has 32 heavy (non-hydrogen) atoms. The van der Waals surface area contributed by atoms with Crippen LogP contribution in [0.2, 0.25) is 0 Å². The van der Waals surface area contributed by atoms with Crippen LogP contribution in [0.25, 0.3) is 0 Å². The van der Waals surface area contributed by atoms with Gasteiger partial charge in [0.15, 0.2) is 6.10 Å². The summed E-state index contributed by atoms with van der Waals surface area (Å²) in [7, 11) is 0. The zero-order valence-corrected chi connectivity index (χ0v) is 18.5. The van der Waals surface area contributed by atoms with E-state index in [0.29, 0.717) is 17.9 Å². The second-order valence-electron chi connectivity index (χ2n) is 7.84. The van der Waals surface area contributed by atoms with E-state index in [1.165, 1.54) is 0 Å². The van der Waals surface area contributed by atoms with Gasteiger partial charge in [-0.15, -0.1) is 0 Å². The molecular formula is C26H27N3O3. The van der Waals surface area contributed by atoms with Crippen molar-refractivity contribution in [2.24, 2.45) is 5.92 Å². The number of nitrogens with one attached hydrogen (secondary N) is 1. The van der Waals surface area contributed by atoms with Gasteiger partial charge in [-0.3, -0.25) is 9.78 Å². The molecule has 0 saturated heterocycles. The van der Waals surface area contributed by atoms with Gasteiger partial charge in [0.2, 0.25) is 0 Å². The van der Waals surface area contributed by atoms with Crippen LogP contribution in [0.4, 0.5) is 0 Å². The molecule has 1 N–H and O–H groups in total. The van der Waals surface area contributed by atoms with Gasteiger partial charge in [0, 0.05) is 18.0 Å². The number of nitrogens with zero attached hydrogens (tertiary/aromatic N) is 2. The Morgan fingerprint density at radius 3 is 2.47 bits per heavy atom. The topological polar surface area (TPSA) is 84.2 Å². The fraction of sp³-hybridized carbons (Fsp3) is 0.269. The zero-order valence-electron chi connectivity index (χ0n) is 18.5. The van der Waals surface area contributed by atoms with Gasteiger partial charge in [-0.25, -0.2) is 0 Å². The minimum Gasteiger partial charge on any atom is -0.489 e. The molecule has 0 radical (unpaired) electrons. The van der Waals surface area contributed by atoms with Gasteiger partial charge >= 0.3 is 0 Å². The van der Waals surface area contributed by atoms with Crippen molar-refractivity contribution in [2.75, 3.05) is 0 Å². The maximum absolute atomic E-state index is 12.9. The number of pyridine rings is 1. The van der Waals surface area contributed by atoms with Crippen LogP contribution in [0.5, 0.6) is 11.5 Å². The van der Waals surface area contributed by atoms with Crippen LogP contribution in [0.15, 0.2) is 73.1 Å². The lowest BCUT2D eigenvalue weighted by Crippen LogP contribution is -2.42. The van der Waals surface area contributed by atoms with Crippen molar-refractivity contribution in [1.82, 2.24) is 10.3 Å². The monoisotopic (exact) mass is 429 g/mol. The van der Waals surface area contributed by atoms with Crippen molar-refractivity contribution in [2.45, 2.75) is 39.5 Å². The lowest BCUT2D eigenvalue weighted by Gasteiger charge is -2.24. The van der Waals surface area contributed by atoms with Crippen molar-refractivity contribution in [3.8, 4) is 17.6 Å². The molecule has 0 fully saturated rings. The molecule has 0 aliphatic heterocycles. The Balaban J connectivity index is 1.61. The molecule has 1 amide bonds. The minimum absolute atomic E-state index is 0.0720. The molecule has 6 nitrogen and oxygen atoms in total. The van der Waals surface area contributed by atoms with E-state index in [-0.39, 0.29) is 17.9 Å². The number of aromatic nitrogens is 1. The third-order valence-electron chi connectivity index (χ3n) is 4.99. The predicted molar refractivity (Wildman–Crippen MR) is 122 cm³/mol. The van der Waals surface area contributed by atoms with E-state index in [2.05, 4.69) is 16.4 Å². The van der Waals surface area contributed by atoms with E-state index in [9.17, 15) is 10.1 Å². The highest BCUT2D eigenvalue weighted by molar-refractivity contribution is 5.82. The summed E-state index contributed by atoms with van der Waals surface area (Å²) in [6.45, 7) is 6.19. The number of hydrogen-bond donors (Lipinski definition) is 1. The molecule has 3 rings (SSSR count). The van der Waals surface area contributed by atoms with E-state index in [0.717, 1.165) is 16.9 Å². The summed E-state index contributed by atoms with van der Waals surface area (Å²) < 4.78 is 11.7. The molecule has 164 valence electrons. The van der Waals surface area contributed by atoms with E-state index >= 15 is 0 Å². The SMILES string of the molecule is CC(NC(=O)C(Oc1ccccc1C#N)C(C)C)c1ccc(OCc2cccnc2)cc1. The number of carbonyl (C=O) groups excluding carboxylic acids is 1. The Morgan fingerprint density at radius 1 is 1.06 bits per heavy atom. The van der Waals surface area contributed by atoms with Gasteiger partial charge in [-0.05, 0) is 48.7 Å². The Kier molecular flexibility index (Phi) is 7.82. The van der Waals surface area contributed by atoms with Crippen molar-refractivity contribution in [3.05, 3.63) is 89.7 Å². The summed E-state index contributed by atoms with van der Waals surface area (Å²) in [5.74, 6) is 0.855. The molecule has 2 aromatic carbocycles. The van der Waals surface area contributed by atoms with Crippen LogP contribution < -0.4 is 14.8 Å². The number of carbonyl (C=O) groups is 1. The third-order valence-corrected chi connectivity index (χ3v) is 4.99. The molecule has 0 aliphatic carbocycles. The molecule has 0 saturated carbocycles. The average Bonchev–Trinajstić information content (AvgIpc) is 2.82. The number of para-hydroxylation sites is 1.